The molecule has 0 aliphatic heterocycles. The van der Waals surface area contributed by atoms with Crippen molar-refractivity contribution in [2.24, 2.45) is 5.92 Å². The van der Waals surface area contributed by atoms with Crippen molar-refractivity contribution in [3.05, 3.63) is 23.8 Å². The van der Waals surface area contributed by atoms with Gasteiger partial charge in [-0.05, 0) is 12.2 Å². The standard InChI is InChI=1S/C8H5F3O2/c9-8(10,11)6-1-2-7(13)5(3-6)4-12/h1-5H. The zero-order chi connectivity index (χ0) is 10.1. The number of halogens is 3. The van der Waals surface area contributed by atoms with E-state index >= 15 is 0 Å². The van der Waals surface area contributed by atoms with Crippen LogP contribution in [-0.2, 0) is 9.59 Å². The lowest BCUT2D eigenvalue weighted by Gasteiger charge is -2.12. The molecule has 0 fully saturated rings. The van der Waals surface area contributed by atoms with Gasteiger partial charge in [-0.15, -0.1) is 0 Å². The molecule has 0 saturated carbocycles. The second-order valence-corrected chi connectivity index (χ2v) is 2.52. The number of hydrogen-bond acceptors (Lipinski definition) is 2. The molecule has 0 aromatic heterocycles. The lowest BCUT2D eigenvalue weighted by molar-refractivity contribution is -0.122. The number of hydrogen-bond donors (Lipinski definition) is 0. The van der Waals surface area contributed by atoms with Gasteiger partial charge in [0.2, 0.25) is 0 Å². The Kier molecular flexibility index (Phi) is 2.36. The van der Waals surface area contributed by atoms with Crippen LogP contribution in [0.25, 0.3) is 0 Å². The Morgan fingerprint density at radius 2 is 1.92 bits per heavy atom. The summed E-state index contributed by atoms with van der Waals surface area (Å²) in [4.78, 5) is 20.9. The van der Waals surface area contributed by atoms with Gasteiger partial charge in [0.05, 0.1) is 11.5 Å². The van der Waals surface area contributed by atoms with Crippen LogP contribution in [0.1, 0.15) is 0 Å². The monoisotopic (exact) mass is 190 g/mol. The van der Waals surface area contributed by atoms with Crippen LogP contribution >= 0.6 is 0 Å². The third-order valence-corrected chi connectivity index (χ3v) is 1.59. The molecule has 0 aromatic carbocycles. The predicted octanol–water partition coefficient (Wildman–Crippen LogP) is 1.43. The SMILES string of the molecule is O=CC1C=C(C(F)(F)F)C=CC1=O. The molecule has 13 heavy (non-hydrogen) atoms. The summed E-state index contributed by atoms with van der Waals surface area (Å²) in [7, 11) is 0. The first-order valence-electron chi connectivity index (χ1n) is 3.41. The van der Waals surface area contributed by atoms with Gasteiger partial charge >= 0.3 is 6.18 Å². The molecule has 0 radical (unpaired) electrons. The molecule has 5 heteroatoms. The number of rotatable bonds is 1. The fraction of sp³-hybridized carbons (Fsp3) is 0.250. The van der Waals surface area contributed by atoms with Crippen LogP contribution in [0.4, 0.5) is 13.2 Å². The van der Waals surface area contributed by atoms with Gasteiger partial charge < -0.3 is 4.79 Å². The van der Waals surface area contributed by atoms with Crippen molar-refractivity contribution >= 4 is 12.1 Å². The van der Waals surface area contributed by atoms with Crippen molar-refractivity contribution in [3.63, 3.8) is 0 Å². The Bertz CT molecular complexity index is 299. The molecule has 0 N–H and O–H groups in total. The maximum absolute atomic E-state index is 12.0. The predicted molar refractivity (Wildman–Crippen MR) is 37.8 cm³/mol. The first-order valence-corrected chi connectivity index (χ1v) is 3.41. The van der Waals surface area contributed by atoms with E-state index in [0.29, 0.717) is 12.2 Å². The van der Waals surface area contributed by atoms with E-state index in [1.807, 2.05) is 0 Å². The zero-order valence-electron chi connectivity index (χ0n) is 6.34. The van der Waals surface area contributed by atoms with Crippen LogP contribution in [0.2, 0.25) is 0 Å². The van der Waals surface area contributed by atoms with Gasteiger partial charge in [0.25, 0.3) is 0 Å². The van der Waals surface area contributed by atoms with E-state index in [2.05, 4.69) is 0 Å². The van der Waals surface area contributed by atoms with Gasteiger partial charge in [-0.1, -0.05) is 6.08 Å². The molecular weight excluding hydrogens is 185 g/mol. The minimum atomic E-state index is -4.50. The second kappa shape index (κ2) is 3.16. The molecule has 70 valence electrons. The fourth-order valence-electron chi connectivity index (χ4n) is 0.909. The molecule has 0 amide bonds. The van der Waals surface area contributed by atoms with Crippen LogP contribution in [-0.4, -0.2) is 18.2 Å². The summed E-state index contributed by atoms with van der Waals surface area (Å²) in [5.41, 5.74) is -0.954. The van der Waals surface area contributed by atoms with Gasteiger partial charge in [-0.25, -0.2) is 0 Å². The first kappa shape index (κ1) is 9.70. The summed E-state index contributed by atoms with van der Waals surface area (Å²) >= 11 is 0. The van der Waals surface area contributed by atoms with E-state index in [-0.39, 0.29) is 6.29 Å². The fourth-order valence-corrected chi connectivity index (χ4v) is 0.909. The summed E-state index contributed by atoms with van der Waals surface area (Å²) in [5.74, 6) is -1.91. The molecule has 1 rings (SSSR count). The van der Waals surface area contributed by atoms with Gasteiger partial charge in [0.15, 0.2) is 5.78 Å². The van der Waals surface area contributed by atoms with Crippen LogP contribution in [0.15, 0.2) is 23.8 Å². The smallest absolute Gasteiger partial charge is 0.302 e. The highest BCUT2D eigenvalue weighted by Gasteiger charge is 2.34. The van der Waals surface area contributed by atoms with Gasteiger partial charge in [-0.3, -0.25) is 4.79 Å². The van der Waals surface area contributed by atoms with Crippen molar-refractivity contribution in [2.75, 3.05) is 0 Å². The van der Waals surface area contributed by atoms with Crippen molar-refractivity contribution in [1.82, 2.24) is 0 Å². The Balaban J connectivity index is 2.97. The maximum atomic E-state index is 12.0. The zero-order valence-corrected chi connectivity index (χ0v) is 6.34. The van der Waals surface area contributed by atoms with Crippen LogP contribution < -0.4 is 0 Å². The Morgan fingerprint density at radius 3 is 2.38 bits per heavy atom. The first-order chi connectivity index (χ1) is 5.95. The summed E-state index contributed by atoms with van der Waals surface area (Å²) in [6, 6.07) is 0. The van der Waals surface area contributed by atoms with Crippen molar-refractivity contribution in [3.8, 4) is 0 Å². The number of carbonyl (C=O) groups is 2. The van der Waals surface area contributed by atoms with E-state index in [9.17, 15) is 22.8 Å². The number of allylic oxidation sites excluding steroid dienone is 4. The molecular formula is C8H5F3O2. The highest BCUT2D eigenvalue weighted by molar-refractivity contribution is 6.03. The second-order valence-electron chi connectivity index (χ2n) is 2.52. The minimum absolute atomic E-state index is 0.192. The number of alkyl halides is 3. The lowest BCUT2D eigenvalue weighted by atomic mass is 9.96. The minimum Gasteiger partial charge on any atom is -0.302 e. The molecule has 1 aliphatic carbocycles. The Morgan fingerprint density at radius 1 is 1.31 bits per heavy atom. The molecule has 0 heterocycles. The van der Waals surface area contributed by atoms with Crippen molar-refractivity contribution in [2.45, 2.75) is 6.18 Å². The summed E-state index contributed by atoms with van der Waals surface area (Å²) in [6.07, 6.45) is -2.25. The van der Waals surface area contributed by atoms with Crippen molar-refractivity contribution in [1.29, 1.82) is 0 Å². The van der Waals surface area contributed by atoms with Crippen LogP contribution in [0.3, 0.4) is 0 Å². The largest absolute Gasteiger partial charge is 0.416 e. The molecule has 1 unspecified atom stereocenters. The number of carbonyl (C=O) groups excluding carboxylic acids is 2. The molecule has 0 bridgehead atoms. The topological polar surface area (TPSA) is 34.1 Å². The lowest BCUT2D eigenvalue weighted by Crippen LogP contribution is -2.20. The Hall–Kier alpha value is -1.39. The molecule has 0 saturated heterocycles. The summed E-state index contributed by atoms with van der Waals surface area (Å²) < 4.78 is 36.1. The van der Waals surface area contributed by atoms with Gasteiger partial charge in [0.1, 0.15) is 6.29 Å². The molecule has 1 atom stereocenters. The number of ketones is 1. The van der Waals surface area contributed by atoms with Gasteiger partial charge in [0, 0.05) is 0 Å². The van der Waals surface area contributed by atoms with E-state index in [4.69, 9.17) is 0 Å². The average molecular weight is 190 g/mol. The molecule has 2 nitrogen and oxygen atoms in total. The molecule has 0 spiro atoms. The van der Waals surface area contributed by atoms with Crippen molar-refractivity contribution < 1.29 is 22.8 Å². The third-order valence-electron chi connectivity index (χ3n) is 1.59. The average Bonchev–Trinajstić information content (AvgIpc) is 2.03. The molecule has 1 aliphatic rings. The van der Waals surface area contributed by atoms with E-state index < -0.39 is 23.5 Å². The third kappa shape index (κ3) is 2.05. The van der Waals surface area contributed by atoms with E-state index in [1.54, 1.807) is 0 Å². The summed E-state index contributed by atoms with van der Waals surface area (Å²) in [6.45, 7) is 0. The van der Waals surface area contributed by atoms with Crippen LogP contribution in [0.5, 0.6) is 0 Å². The van der Waals surface area contributed by atoms with E-state index in [1.165, 1.54) is 0 Å². The number of aldehydes is 1. The highest BCUT2D eigenvalue weighted by Crippen LogP contribution is 2.29. The highest BCUT2D eigenvalue weighted by atomic mass is 19.4. The molecule has 0 aromatic rings. The maximum Gasteiger partial charge on any atom is 0.416 e. The summed E-state index contributed by atoms with van der Waals surface area (Å²) in [5, 5.41) is 0. The normalized spacial score (nSPS) is 22.8. The van der Waals surface area contributed by atoms with Gasteiger partial charge in [-0.2, -0.15) is 13.2 Å². The Labute approximate surface area is 71.7 Å². The van der Waals surface area contributed by atoms with Crippen LogP contribution in [0, 0.1) is 5.92 Å². The quantitative estimate of drug-likeness (QED) is 0.463. The van der Waals surface area contributed by atoms with E-state index in [0.717, 1.165) is 6.08 Å².